The first kappa shape index (κ1) is 93.1. The zero-order valence-electron chi connectivity index (χ0n) is 62.3. The van der Waals surface area contributed by atoms with Crippen LogP contribution in [0.25, 0.3) is 0 Å². The molecule has 0 aromatic heterocycles. The van der Waals surface area contributed by atoms with Gasteiger partial charge in [-0.15, -0.1) is 0 Å². The van der Waals surface area contributed by atoms with Gasteiger partial charge in [0.25, 0.3) is 0 Å². The average Bonchev–Trinajstić information content (AvgIpc) is 2.46. The first-order valence-electron chi connectivity index (χ1n) is 39.2. The van der Waals surface area contributed by atoms with Gasteiger partial charge < -0.3 is 33.8 Å². The van der Waals surface area contributed by atoms with E-state index in [9.17, 15) is 43.2 Å². The molecule has 0 radical (unpaired) electrons. The molecule has 0 spiro atoms. The number of carbonyl (C=O) groups excluding carboxylic acids is 4. The van der Waals surface area contributed by atoms with Crippen molar-refractivity contribution in [3.63, 3.8) is 0 Å². The molecule has 564 valence electrons. The molecule has 3 N–H and O–H groups in total. The van der Waals surface area contributed by atoms with Crippen molar-refractivity contribution in [2.75, 3.05) is 39.6 Å². The van der Waals surface area contributed by atoms with Crippen LogP contribution in [0.5, 0.6) is 0 Å². The number of aliphatic hydroxyl groups excluding tert-OH is 1. The molecule has 0 fully saturated rings. The largest absolute Gasteiger partial charge is 0.472 e. The topological polar surface area (TPSA) is 237 Å². The van der Waals surface area contributed by atoms with Gasteiger partial charge in [-0.25, -0.2) is 9.13 Å². The molecule has 0 heterocycles. The second kappa shape index (κ2) is 65.4. The van der Waals surface area contributed by atoms with Crippen LogP contribution in [0.2, 0.25) is 0 Å². The second-order valence-corrected chi connectivity index (χ2v) is 32.2. The molecule has 0 aliphatic carbocycles. The van der Waals surface area contributed by atoms with Crippen LogP contribution >= 0.6 is 15.6 Å². The highest BCUT2D eigenvalue weighted by Crippen LogP contribution is 2.45. The predicted molar refractivity (Wildman–Crippen MR) is 386 cm³/mol. The van der Waals surface area contributed by atoms with Crippen molar-refractivity contribution in [3.05, 3.63) is 0 Å². The first-order valence-corrected chi connectivity index (χ1v) is 42.2. The van der Waals surface area contributed by atoms with Crippen molar-refractivity contribution in [2.24, 2.45) is 23.7 Å². The fourth-order valence-corrected chi connectivity index (χ4v) is 13.1. The maximum atomic E-state index is 13.1. The number of rotatable bonds is 73. The monoisotopic (exact) mass is 1400 g/mol. The van der Waals surface area contributed by atoms with E-state index in [0.717, 1.165) is 114 Å². The van der Waals surface area contributed by atoms with E-state index in [-0.39, 0.29) is 25.7 Å². The van der Waals surface area contributed by atoms with Crippen LogP contribution in [0, 0.1) is 23.7 Å². The Kier molecular flexibility index (Phi) is 64.0. The summed E-state index contributed by atoms with van der Waals surface area (Å²) < 4.78 is 68.5. The minimum atomic E-state index is -4.96. The van der Waals surface area contributed by atoms with Crippen LogP contribution in [0.15, 0.2) is 0 Å². The average molecular weight is 1400 g/mol. The lowest BCUT2D eigenvalue weighted by Gasteiger charge is -2.21. The summed E-state index contributed by atoms with van der Waals surface area (Å²) in [7, 11) is -9.91. The standard InChI is InChI=1S/C76H148O17P2/c1-66(2)52-44-36-28-22-18-14-11-9-10-12-16-20-24-31-40-48-56-73(78)86-62-71(92-75(80)58-50-42-32-25-21-17-13-15-19-23-29-37-45-53-67(3)4)64-90-94(82,83)88-60-70(77)61-89-95(84,85)91-65-72(63-87-74(79)57-49-41-35-34-39-47-55-69(7)8)93-76(81)59-51-43-33-27-26-30-38-46-54-68(5)6/h66-72,77H,9-65H2,1-8H3,(H,82,83)(H,84,85)/t70-,71-,72-/m1/s1. The molecule has 0 bridgehead atoms. The zero-order chi connectivity index (χ0) is 70.3. The Labute approximate surface area is 581 Å². The Morgan fingerprint density at radius 3 is 0.653 bits per heavy atom. The Morgan fingerprint density at radius 2 is 0.442 bits per heavy atom. The summed E-state index contributed by atoms with van der Waals surface area (Å²) in [5.41, 5.74) is 0. The molecule has 0 amide bonds. The fraction of sp³-hybridized carbons (Fsp3) is 0.947. The van der Waals surface area contributed by atoms with E-state index < -0.39 is 97.5 Å². The Morgan fingerprint density at radius 1 is 0.263 bits per heavy atom. The van der Waals surface area contributed by atoms with E-state index in [1.807, 2.05) is 0 Å². The summed E-state index contributed by atoms with van der Waals surface area (Å²) in [5, 5.41) is 10.6. The van der Waals surface area contributed by atoms with Crippen molar-refractivity contribution >= 4 is 39.5 Å². The molecule has 2 unspecified atom stereocenters. The van der Waals surface area contributed by atoms with Crippen molar-refractivity contribution in [1.29, 1.82) is 0 Å². The second-order valence-electron chi connectivity index (χ2n) is 29.3. The molecule has 0 aliphatic heterocycles. The molecule has 0 saturated carbocycles. The van der Waals surface area contributed by atoms with E-state index >= 15 is 0 Å². The third-order valence-corrected chi connectivity index (χ3v) is 19.5. The highest BCUT2D eigenvalue weighted by atomic mass is 31.2. The van der Waals surface area contributed by atoms with Gasteiger partial charge in [0.2, 0.25) is 0 Å². The molecule has 17 nitrogen and oxygen atoms in total. The van der Waals surface area contributed by atoms with E-state index in [1.165, 1.54) is 180 Å². The van der Waals surface area contributed by atoms with Gasteiger partial charge in [-0.3, -0.25) is 37.3 Å². The molecule has 19 heteroatoms. The first-order chi connectivity index (χ1) is 45.6. The summed E-state index contributed by atoms with van der Waals surface area (Å²) in [6, 6.07) is 0. The van der Waals surface area contributed by atoms with Crippen molar-refractivity contribution < 1.29 is 80.2 Å². The molecule has 0 aromatic carbocycles. The number of hydrogen-bond acceptors (Lipinski definition) is 15. The van der Waals surface area contributed by atoms with E-state index in [1.54, 1.807) is 0 Å². The van der Waals surface area contributed by atoms with Crippen molar-refractivity contribution in [3.8, 4) is 0 Å². The number of aliphatic hydroxyl groups is 1. The predicted octanol–water partition coefficient (Wildman–Crippen LogP) is 22.0. The summed E-state index contributed by atoms with van der Waals surface area (Å²) in [4.78, 5) is 72.7. The minimum Gasteiger partial charge on any atom is -0.462 e. The van der Waals surface area contributed by atoms with Crippen LogP contribution in [-0.2, 0) is 65.4 Å². The highest BCUT2D eigenvalue weighted by Gasteiger charge is 2.30. The highest BCUT2D eigenvalue weighted by molar-refractivity contribution is 7.47. The smallest absolute Gasteiger partial charge is 0.462 e. The number of ether oxygens (including phenoxy) is 4. The number of phosphoric ester groups is 2. The summed E-state index contributed by atoms with van der Waals surface area (Å²) in [6.07, 6.45) is 50.2. The number of hydrogen-bond donors (Lipinski definition) is 3. The van der Waals surface area contributed by atoms with Crippen molar-refractivity contribution in [2.45, 2.75) is 401 Å². The van der Waals surface area contributed by atoms with Gasteiger partial charge >= 0.3 is 39.5 Å². The van der Waals surface area contributed by atoms with Gasteiger partial charge in [-0.05, 0) is 49.4 Å². The zero-order valence-corrected chi connectivity index (χ0v) is 64.1. The molecule has 0 aromatic rings. The molecule has 0 saturated heterocycles. The number of esters is 4. The van der Waals surface area contributed by atoms with E-state index in [0.29, 0.717) is 31.6 Å². The SMILES string of the molecule is CC(C)CCCCCCCCCCCCCCCCCCC(=O)OC[C@H](COP(=O)(O)OC[C@@H](O)COP(=O)(O)OC[C@@H](COC(=O)CCCCCCCCC(C)C)OC(=O)CCCCCCCCCCC(C)C)OC(=O)CCCCCCCCCCCCCCCC(C)C. The summed E-state index contributed by atoms with van der Waals surface area (Å²) in [6.45, 7) is 14.1. The van der Waals surface area contributed by atoms with Gasteiger partial charge in [0.15, 0.2) is 12.2 Å². The lowest BCUT2D eigenvalue weighted by atomic mass is 10.0. The third kappa shape index (κ3) is 70.3. The van der Waals surface area contributed by atoms with Gasteiger partial charge in [-0.1, -0.05) is 331 Å². The van der Waals surface area contributed by atoms with E-state index in [4.69, 9.17) is 37.0 Å². The van der Waals surface area contributed by atoms with Crippen LogP contribution < -0.4 is 0 Å². The summed E-state index contributed by atoms with van der Waals surface area (Å²) >= 11 is 0. The Balaban J connectivity index is 5.21. The Hall–Kier alpha value is -1.94. The molecule has 5 atom stereocenters. The molecular formula is C76H148O17P2. The quantitative estimate of drug-likeness (QED) is 0.0222. The fourth-order valence-electron chi connectivity index (χ4n) is 11.6. The van der Waals surface area contributed by atoms with Gasteiger partial charge in [-0.2, -0.15) is 0 Å². The normalized spacial score (nSPS) is 14.1. The van der Waals surface area contributed by atoms with Gasteiger partial charge in [0, 0.05) is 25.7 Å². The van der Waals surface area contributed by atoms with Crippen LogP contribution in [-0.4, -0.2) is 96.7 Å². The minimum absolute atomic E-state index is 0.103. The summed E-state index contributed by atoms with van der Waals surface area (Å²) in [5.74, 6) is 0.872. The van der Waals surface area contributed by atoms with Gasteiger partial charge in [0.1, 0.15) is 19.3 Å². The molecule has 0 aliphatic rings. The maximum absolute atomic E-state index is 13.1. The van der Waals surface area contributed by atoms with Crippen LogP contribution in [0.1, 0.15) is 383 Å². The van der Waals surface area contributed by atoms with Crippen molar-refractivity contribution in [1.82, 2.24) is 0 Å². The third-order valence-electron chi connectivity index (χ3n) is 17.6. The van der Waals surface area contributed by atoms with Crippen LogP contribution in [0.3, 0.4) is 0 Å². The number of carbonyl (C=O) groups is 4. The van der Waals surface area contributed by atoms with Gasteiger partial charge in [0.05, 0.1) is 26.4 Å². The molecule has 95 heavy (non-hydrogen) atoms. The molecule has 0 rings (SSSR count). The number of unbranched alkanes of at least 4 members (excludes halogenated alkanes) is 39. The lowest BCUT2D eigenvalue weighted by molar-refractivity contribution is -0.161. The maximum Gasteiger partial charge on any atom is 0.472 e. The van der Waals surface area contributed by atoms with Crippen LogP contribution in [0.4, 0.5) is 0 Å². The Bertz CT molecular complexity index is 1870. The lowest BCUT2D eigenvalue weighted by Crippen LogP contribution is -2.30. The molecular weight excluding hydrogens is 1250 g/mol. The number of phosphoric acid groups is 2. The van der Waals surface area contributed by atoms with E-state index in [2.05, 4.69) is 55.4 Å².